The smallest absolute Gasteiger partial charge is 0.223 e. The minimum atomic E-state index is 0.611. The maximum atomic E-state index is 5.96. The van der Waals surface area contributed by atoms with E-state index in [1.165, 1.54) is 12.0 Å². The largest absolute Gasteiger partial charge is 0.473 e. The monoisotopic (exact) mass is 355 g/mol. The number of allylic oxidation sites excluding steroid dienone is 1. The Bertz CT molecular complexity index is 798. The minimum absolute atomic E-state index is 0.611. The van der Waals surface area contributed by atoms with Gasteiger partial charge in [0.05, 0.1) is 11.3 Å². The van der Waals surface area contributed by atoms with Crippen molar-refractivity contribution in [2.45, 2.75) is 25.7 Å². The van der Waals surface area contributed by atoms with E-state index in [1.807, 2.05) is 17.5 Å². The van der Waals surface area contributed by atoms with Crippen LogP contribution in [-0.4, -0.2) is 35.6 Å². The zero-order chi connectivity index (χ0) is 16.9. The number of guanidine groups is 1. The van der Waals surface area contributed by atoms with Crippen molar-refractivity contribution < 1.29 is 4.74 Å². The van der Waals surface area contributed by atoms with E-state index < -0.39 is 0 Å². The zero-order valence-corrected chi connectivity index (χ0v) is 14.8. The molecule has 2 N–H and O–H groups in total. The van der Waals surface area contributed by atoms with E-state index in [1.54, 1.807) is 17.5 Å². The van der Waals surface area contributed by atoms with Gasteiger partial charge in [-0.25, -0.2) is 9.97 Å². The Balaban J connectivity index is 1.48. The van der Waals surface area contributed by atoms with E-state index in [-0.39, 0.29) is 0 Å². The Morgan fingerprint density at radius 1 is 1.32 bits per heavy atom. The van der Waals surface area contributed by atoms with Crippen LogP contribution in [0.4, 0.5) is 5.13 Å². The Kier molecular flexibility index (Phi) is 4.92. The first-order valence-electron chi connectivity index (χ1n) is 8.65. The van der Waals surface area contributed by atoms with Crippen molar-refractivity contribution in [3.63, 3.8) is 0 Å². The van der Waals surface area contributed by atoms with E-state index >= 15 is 0 Å². The van der Waals surface area contributed by atoms with Gasteiger partial charge in [-0.3, -0.25) is 4.99 Å². The van der Waals surface area contributed by atoms with Crippen LogP contribution in [0.15, 0.2) is 40.4 Å². The number of thiazole rings is 1. The van der Waals surface area contributed by atoms with Crippen LogP contribution in [0.3, 0.4) is 0 Å². The third-order valence-corrected chi connectivity index (χ3v) is 4.96. The number of anilines is 1. The van der Waals surface area contributed by atoms with Crippen LogP contribution in [0.25, 0.3) is 11.3 Å². The fourth-order valence-electron chi connectivity index (χ4n) is 2.90. The highest BCUT2D eigenvalue weighted by molar-refractivity contribution is 7.14. The molecule has 0 atom stereocenters. The first-order chi connectivity index (χ1) is 12.4. The third-order valence-electron chi connectivity index (χ3n) is 4.20. The van der Waals surface area contributed by atoms with Gasteiger partial charge in [-0.2, -0.15) is 0 Å². The highest BCUT2D eigenvalue weighted by atomic mass is 32.1. The Hall–Kier alpha value is -2.41. The minimum Gasteiger partial charge on any atom is -0.473 e. The Morgan fingerprint density at radius 3 is 3.16 bits per heavy atom. The Labute approximate surface area is 151 Å². The number of hydrogen-bond donors (Lipinski definition) is 2. The molecule has 0 unspecified atom stereocenters. The molecule has 2 aromatic rings. The molecule has 0 bridgehead atoms. The van der Waals surface area contributed by atoms with Crippen molar-refractivity contribution in [1.29, 1.82) is 0 Å². The van der Waals surface area contributed by atoms with Gasteiger partial charge < -0.3 is 15.4 Å². The van der Waals surface area contributed by atoms with Crippen LogP contribution < -0.4 is 15.4 Å². The van der Waals surface area contributed by atoms with Crippen molar-refractivity contribution in [2.75, 3.05) is 25.0 Å². The number of nitrogens with one attached hydrogen (secondary N) is 2. The molecule has 0 amide bonds. The molecule has 0 radical (unpaired) electrons. The van der Waals surface area contributed by atoms with E-state index in [4.69, 9.17) is 4.74 Å². The van der Waals surface area contributed by atoms with Crippen molar-refractivity contribution >= 4 is 22.4 Å². The van der Waals surface area contributed by atoms with Gasteiger partial charge in [-0.05, 0) is 43.4 Å². The van der Waals surface area contributed by atoms with Crippen molar-refractivity contribution in [2.24, 2.45) is 4.99 Å². The summed E-state index contributed by atoms with van der Waals surface area (Å²) in [5.41, 5.74) is 3.15. The van der Waals surface area contributed by atoms with Crippen LogP contribution in [-0.2, 0) is 0 Å². The maximum absolute atomic E-state index is 5.96. The lowest BCUT2D eigenvalue weighted by atomic mass is 10.2. The number of pyridine rings is 1. The molecule has 4 rings (SSSR count). The molecule has 0 saturated carbocycles. The third kappa shape index (κ3) is 3.99. The van der Waals surface area contributed by atoms with Gasteiger partial charge in [0.1, 0.15) is 6.61 Å². The van der Waals surface area contributed by atoms with Gasteiger partial charge in [-0.15, -0.1) is 11.3 Å². The summed E-state index contributed by atoms with van der Waals surface area (Å²) in [6.45, 7) is 2.41. The average Bonchev–Trinajstić information content (AvgIpc) is 3.33. The summed E-state index contributed by atoms with van der Waals surface area (Å²) in [6, 6.07) is 3.91. The molecule has 7 heteroatoms. The van der Waals surface area contributed by atoms with E-state index in [0.717, 1.165) is 54.7 Å². The summed E-state index contributed by atoms with van der Waals surface area (Å²) in [5.74, 6) is 1.43. The van der Waals surface area contributed by atoms with Gasteiger partial charge >= 0.3 is 0 Å². The van der Waals surface area contributed by atoms with Crippen molar-refractivity contribution in [1.82, 2.24) is 15.3 Å². The summed E-state index contributed by atoms with van der Waals surface area (Å²) < 4.78 is 5.96. The van der Waals surface area contributed by atoms with Crippen LogP contribution in [0, 0.1) is 0 Å². The summed E-state index contributed by atoms with van der Waals surface area (Å²) in [6.07, 6.45) is 8.61. The second kappa shape index (κ2) is 7.65. The zero-order valence-electron chi connectivity index (χ0n) is 14.0. The fourth-order valence-corrected chi connectivity index (χ4v) is 3.61. The van der Waals surface area contributed by atoms with Crippen LogP contribution in [0.2, 0.25) is 0 Å². The first kappa shape index (κ1) is 16.1. The molecule has 2 aliphatic rings. The molecule has 6 nitrogen and oxygen atoms in total. The van der Waals surface area contributed by atoms with Crippen molar-refractivity contribution in [3.8, 4) is 17.1 Å². The lowest BCUT2D eigenvalue weighted by Gasteiger charge is -2.14. The predicted molar refractivity (Wildman–Crippen MR) is 101 cm³/mol. The molecule has 0 spiro atoms. The number of ether oxygens (including phenoxy) is 1. The van der Waals surface area contributed by atoms with Crippen LogP contribution in [0.1, 0.15) is 25.7 Å². The van der Waals surface area contributed by atoms with Crippen molar-refractivity contribution in [3.05, 3.63) is 35.4 Å². The molecule has 1 aliphatic heterocycles. The maximum Gasteiger partial charge on any atom is 0.223 e. The first-order valence-corrected chi connectivity index (χ1v) is 9.53. The molecule has 1 aliphatic carbocycles. The SMILES string of the molecule is C1=C(COc2ncccc2-c2csc(NC3=NCCCN3)n2)CCC1. The highest BCUT2D eigenvalue weighted by Crippen LogP contribution is 2.31. The number of aliphatic imine (C=N–C) groups is 1. The molecule has 0 saturated heterocycles. The van der Waals surface area contributed by atoms with E-state index in [2.05, 4.69) is 31.7 Å². The predicted octanol–water partition coefficient (Wildman–Crippen LogP) is 3.46. The van der Waals surface area contributed by atoms with Crippen LogP contribution >= 0.6 is 11.3 Å². The van der Waals surface area contributed by atoms with Gasteiger partial charge in [0.25, 0.3) is 0 Å². The molecule has 130 valence electrons. The van der Waals surface area contributed by atoms with E-state index in [0.29, 0.717) is 12.5 Å². The summed E-state index contributed by atoms with van der Waals surface area (Å²) in [7, 11) is 0. The highest BCUT2D eigenvalue weighted by Gasteiger charge is 2.14. The standard InChI is InChI=1S/C18H21N5OS/c1-2-6-13(5-1)11-24-16-14(7-3-8-19-16)15-12-25-18(22-15)23-17-20-9-4-10-21-17/h3,5,7-8,12H,1-2,4,6,9-11H2,(H2,20,21,22,23). The lowest BCUT2D eigenvalue weighted by Crippen LogP contribution is -2.35. The summed E-state index contributed by atoms with van der Waals surface area (Å²) in [5, 5.41) is 9.32. The van der Waals surface area contributed by atoms with Gasteiger partial charge in [0.15, 0.2) is 11.1 Å². The van der Waals surface area contributed by atoms with E-state index in [9.17, 15) is 0 Å². The van der Waals surface area contributed by atoms with Gasteiger partial charge in [0, 0.05) is 24.7 Å². The molecule has 2 aromatic heterocycles. The number of nitrogens with zero attached hydrogens (tertiary/aromatic N) is 3. The number of hydrogen-bond acceptors (Lipinski definition) is 7. The Morgan fingerprint density at radius 2 is 2.32 bits per heavy atom. The quantitative estimate of drug-likeness (QED) is 0.804. The molecule has 0 aromatic carbocycles. The topological polar surface area (TPSA) is 71.4 Å². The number of aromatic nitrogens is 2. The summed E-state index contributed by atoms with van der Waals surface area (Å²) in [4.78, 5) is 13.5. The normalized spacial score (nSPS) is 16.8. The lowest BCUT2D eigenvalue weighted by molar-refractivity contribution is 0.337. The molecular weight excluding hydrogens is 334 g/mol. The van der Waals surface area contributed by atoms with Gasteiger partial charge in [-0.1, -0.05) is 6.08 Å². The van der Waals surface area contributed by atoms with Crippen LogP contribution in [0.5, 0.6) is 5.88 Å². The summed E-state index contributed by atoms with van der Waals surface area (Å²) >= 11 is 1.55. The second-order valence-electron chi connectivity index (χ2n) is 6.07. The molecule has 25 heavy (non-hydrogen) atoms. The fraction of sp³-hybridized carbons (Fsp3) is 0.389. The molecular formula is C18H21N5OS. The second-order valence-corrected chi connectivity index (χ2v) is 6.93. The van der Waals surface area contributed by atoms with Gasteiger partial charge in [0.2, 0.25) is 5.88 Å². The molecule has 3 heterocycles. The number of rotatable bonds is 5. The average molecular weight is 355 g/mol. The molecule has 0 fully saturated rings.